The van der Waals surface area contributed by atoms with Crippen molar-refractivity contribution < 1.29 is 9.90 Å². The molecule has 0 radical (unpaired) electrons. The Balaban J connectivity index is 0.00000220. The van der Waals surface area contributed by atoms with Gasteiger partial charge in [-0.15, -0.1) is 24.8 Å². The minimum absolute atomic E-state index is 0. The molecule has 5 rings (SSSR count). The third-order valence-corrected chi connectivity index (χ3v) is 6.98. The lowest BCUT2D eigenvalue weighted by molar-refractivity contribution is -0.124. The van der Waals surface area contributed by atoms with Crippen molar-refractivity contribution in [3.63, 3.8) is 0 Å². The molecule has 40 heavy (non-hydrogen) atoms. The van der Waals surface area contributed by atoms with E-state index >= 15 is 0 Å². The molecule has 3 heterocycles. The Kier molecular flexibility index (Phi) is 10.3. The van der Waals surface area contributed by atoms with Gasteiger partial charge in [0.15, 0.2) is 5.82 Å². The number of carbonyl (C=O) groups excluding carboxylic acids is 1. The van der Waals surface area contributed by atoms with Crippen LogP contribution in [0.1, 0.15) is 52.6 Å². The van der Waals surface area contributed by atoms with E-state index in [-0.39, 0.29) is 55.4 Å². The van der Waals surface area contributed by atoms with Crippen LogP contribution in [0, 0.1) is 6.92 Å². The number of rotatable bonds is 8. The van der Waals surface area contributed by atoms with E-state index in [1.165, 1.54) is 10.8 Å². The van der Waals surface area contributed by atoms with Gasteiger partial charge in [0.2, 0.25) is 5.91 Å². The molecule has 0 unspecified atom stereocenters. The number of carbonyl (C=O) groups is 1. The number of aliphatic hydroxyl groups is 1. The highest BCUT2D eigenvalue weighted by Crippen LogP contribution is 2.33. The molecule has 1 aliphatic rings. The number of nitrogen functional groups attached to an aromatic ring is 1. The summed E-state index contributed by atoms with van der Waals surface area (Å²) in [6, 6.07) is 22.7. The number of pyridine rings is 1. The minimum atomic E-state index is -0.957. The molecule has 2 aromatic heterocycles. The highest BCUT2D eigenvalue weighted by atomic mass is 35.5. The summed E-state index contributed by atoms with van der Waals surface area (Å²) in [5.74, 6) is 0.172. The number of aliphatic hydroxyl groups excluding tert-OH is 1. The van der Waals surface area contributed by atoms with Gasteiger partial charge in [-0.1, -0.05) is 66.7 Å². The Labute approximate surface area is 244 Å². The lowest BCUT2D eigenvalue weighted by Crippen LogP contribution is -2.36. The smallest absolute Gasteiger partial charge is 0.294 e. The first-order valence-corrected chi connectivity index (χ1v) is 12.6. The number of nitrogens with two attached hydrogens (primary N) is 1. The highest BCUT2D eigenvalue weighted by Gasteiger charge is 2.36. The number of benzene rings is 2. The Bertz CT molecular complexity index is 1460. The molecule has 5 N–H and O–H groups in total. The summed E-state index contributed by atoms with van der Waals surface area (Å²) >= 11 is 0. The lowest BCUT2D eigenvalue weighted by Gasteiger charge is -2.20. The first-order valence-electron chi connectivity index (χ1n) is 12.6. The number of anilines is 2. The van der Waals surface area contributed by atoms with E-state index < -0.39 is 17.7 Å². The molecule has 0 bridgehead atoms. The van der Waals surface area contributed by atoms with Crippen molar-refractivity contribution in [3.05, 3.63) is 117 Å². The van der Waals surface area contributed by atoms with E-state index in [9.17, 15) is 14.7 Å². The fourth-order valence-electron chi connectivity index (χ4n) is 4.92. The van der Waals surface area contributed by atoms with Gasteiger partial charge >= 0.3 is 0 Å². The average Bonchev–Trinajstić information content (AvgIpc) is 3.27. The Hall–Kier alpha value is -3.92. The number of nitrogens with one attached hydrogen (secondary N) is 2. The van der Waals surface area contributed by atoms with Crippen LogP contribution >= 0.6 is 24.8 Å². The van der Waals surface area contributed by atoms with Gasteiger partial charge < -0.3 is 21.5 Å². The van der Waals surface area contributed by atoms with Crippen LogP contribution in [0.5, 0.6) is 0 Å². The number of amides is 1. The monoisotopic (exact) mass is 582 g/mol. The maximum atomic E-state index is 13.5. The van der Waals surface area contributed by atoms with E-state index in [1.807, 2.05) is 49.4 Å². The van der Waals surface area contributed by atoms with Crippen molar-refractivity contribution in [1.82, 2.24) is 19.9 Å². The van der Waals surface area contributed by atoms with Crippen LogP contribution < -0.4 is 21.9 Å². The molecule has 0 saturated heterocycles. The van der Waals surface area contributed by atoms with Gasteiger partial charge in [-0.2, -0.15) is 0 Å². The van der Waals surface area contributed by atoms with Gasteiger partial charge in [0.1, 0.15) is 11.9 Å². The average molecular weight is 584 g/mol. The molecule has 2 aromatic carbocycles. The zero-order valence-corrected chi connectivity index (χ0v) is 23.5. The first-order chi connectivity index (χ1) is 18.4. The number of hydrogen-bond acceptors (Lipinski definition) is 7. The molecule has 0 spiro atoms. The van der Waals surface area contributed by atoms with Crippen LogP contribution in [-0.4, -0.2) is 32.1 Å². The van der Waals surface area contributed by atoms with E-state index in [4.69, 9.17) is 5.73 Å². The summed E-state index contributed by atoms with van der Waals surface area (Å²) in [6.45, 7) is 2.48. The maximum Gasteiger partial charge on any atom is 0.294 e. The van der Waals surface area contributed by atoms with Crippen molar-refractivity contribution >= 4 is 42.4 Å². The number of aromatic nitrogens is 3. The third-order valence-electron chi connectivity index (χ3n) is 6.98. The number of nitrogens with zero attached hydrogens (tertiary/aromatic N) is 3. The quantitative estimate of drug-likeness (QED) is 0.247. The number of aryl methyl sites for hydroxylation is 1. The van der Waals surface area contributed by atoms with E-state index in [0.29, 0.717) is 18.1 Å². The molecule has 210 valence electrons. The van der Waals surface area contributed by atoms with Gasteiger partial charge in [-0.3, -0.25) is 14.2 Å². The summed E-state index contributed by atoms with van der Waals surface area (Å²) in [5, 5.41) is 16.6. The highest BCUT2D eigenvalue weighted by molar-refractivity contribution is 5.85. The number of halogens is 2. The molecule has 0 aliphatic carbocycles. The van der Waals surface area contributed by atoms with E-state index in [1.54, 1.807) is 6.07 Å². The van der Waals surface area contributed by atoms with E-state index in [2.05, 4.69) is 44.9 Å². The Morgan fingerprint density at radius 1 is 1.05 bits per heavy atom. The van der Waals surface area contributed by atoms with Crippen LogP contribution in [0.25, 0.3) is 0 Å². The SMILES string of the molecule is Cc1nc(N)ccc1CNC(=O)[C@@H]1C[C@H](O)c2cnc(NCC(c3ccccc3)c3ccccc3)c(=O)n21.Cl.Cl. The van der Waals surface area contributed by atoms with Gasteiger partial charge in [0.05, 0.1) is 18.0 Å². The zero-order chi connectivity index (χ0) is 26.6. The fourth-order valence-corrected chi connectivity index (χ4v) is 4.92. The molecule has 2 atom stereocenters. The summed E-state index contributed by atoms with van der Waals surface area (Å²) in [7, 11) is 0. The van der Waals surface area contributed by atoms with Crippen LogP contribution in [0.2, 0.25) is 0 Å². The summed E-state index contributed by atoms with van der Waals surface area (Å²) < 4.78 is 1.35. The van der Waals surface area contributed by atoms with Gasteiger partial charge in [0.25, 0.3) is 5.56 Å². The lowest BCUT2D eigenvalue weighted by atomic mass is 9.91. The molecule has 11 heteroatoms. The van der Waals surface area contributed by atoms with Gasteiger partial charge in [0, 0.05) is 31.1 Å². The Morgan fingerprint density at radius 2 is 1.68 bits per heavy atom. The topological polar surface area (TPSA) is 135 Å². The summed E-state index contributed by atoms with van der Waals surface area (Å²) in [4.78, 5) is 35.2. The maximum absolute atomic E-state index is 13.5. The predicted molar refractivity (Wildman–Crippen MR) is 160 cm³/mol. The molecular weight excluding hydrogens is 551 g/mol. The largest absolute Gasteiger partial charge is 0.387 e. The molecule has 1 amide bonds. The van der Waals surface area contributed by atoms with Crippen molar-refractivity contribution in [1.29, 1.82) is 0 Å². The number of hydrogen-bond donors (Lipinski definition) is 4. The normalized spacial score (nSPS) is 15.5. The van der Waals surface area contributed by atoms with Crippen molar-refractivity contribution in [3.8, 4) is 0 Å². The molecule has 4 aromatic rings. The second kappa shape index (κ2) is 13.4. The second-order valence-electron chi connectivity index (χ2n) is 9.43. The summed E-state index contributed by atoms with van der Waals surface area (Å²) in [6.07, 6.45) is 0.610. The molecule has 0 saturated carbocycles. The third kappa shape index (κ3) is 6.44. The van der Waals surface area contributed by atoms with Gasteiger partial charge in [-0.05, 0) is 29.7 Å². The molecule has 9 nitrogen and oxygen atoms in total. The van der Waals surface area contributed by atoms with Crippen molar-refractivity contribution in [2.45, 2.75) is 38.0 Å². The minimum Gasteiger partial charge on any atom is -0.387 e. The Morgan fingerprint density at radius 3 is 2.27 bits per heavy atom. The predicted octanol–water partition coefficient (Wildman–Crippen LogP) is 3.91. The molecular formula is C29H32Cl2N6O3. The number of fused-ring (bicyclic) bond motifs is 1. The summed E-state index contributed by atoms with van der Waals surface area (Å²) in [5.41, 5.74) is 9.35. The zero-order valence-electron chi connectivity index (χ0n) is 21.9. The fraction of sp³-hybridized carbons (Fsp3) is 0.241. The van der Waals surface area contributed by atoms with Crippen molar-refractivity contribution in [2.24, 2.45) is 0 Å². The van der Waals surface area contributed by atoms with Gasteiger partial charge in [-0.25, -0.2) is 9.97 Å². The molecule has 0 fully saturated rings. The van der Waals surface area contributed by atoms with Crippen LogP contribution in [-0.2, 0) is 11.3 Å². The van der Waals surface area contributed by atoms with Crippen LogP contribution in [0.15, 0.2) is 83.8 Å². The van der Waals surface area contributed by atoms with Crippen molar-refractivity contribution in [2.75, 3.05) is 17.6 Å². The first kappa shape index (κ1) is 30.6. The molecule has 1 aliphatic heterocycles. The van der Waals surface area contributed by atoms with Crippen LogP contribution in [0.4, 0.5) is 11.6 Å². The second-order valence-corrected chi connectivity index (χ2v) is 9.43. The van der Waals surface area contributed by atoms with Crippen LogP contribution in [0.3, 0.4) is 0 Å². The standard InChI is InChI=1S/C29H30N6O3.2ClH/c1-18-21(12-13-26(30)34-18)15-33-28(37)23-14-25(36)24-17-32-27(29(38)35(23)24)31-16-22(19-8-4-2-5-9-19)20-10-6-3-7-11-20;;/h2-13,17,22-23,25,36H,14-16H2,1H3,(H2,30,34)(H,31,32)(H,33,37);2*1H/t23-,25-;;/m0../s1. The van der Waals surface area contributed by atoms with E-state index in [0.717, 1.165) is 22.4 Å².